The minimum atomic E-state index is 0.0738. The Morgan fingerprint density at radius 1 is 1.00 bits per heavy atom. The largest absolute Gasteiger partial charge is 0.492 e. The van der Waals surface area contributed by atoms with Crippen LogP contribution in [0.15, 0.2) is 0 Å². The van der Waals surface area contributed by atoms with E-state index in [9.17, 15) is 4.79 Å². The van der Waals surface area contributed by atoms with Crippen LogP contribution < -0.4 is 18.9 Å². The third-order valence-electron chi connectivity index (χ3n) is 3.35. The maximum Gasteiger partial charge on any atom is 0.231 e. The van der Waals surface area contributed by atoms with Gasteiger partial charge >= 0.3 is 0 Å². The number of methoxy groups -OCH3 is 2. The summed E-state index contributed by atoms with van der Waals surface area (Å²) < 4.78 is 21.6. The molecule has 0 amide bonds. The molecule has 1 heterocycles. The monoisotopic (exact) mass is 250 g/mol. The van der Waals surface area contributed by atoms with Crippen LogP contribution in [0, 0.1) is 0 Å². The Morgan fingerprint density at radius 2 is 1.67 bits per heavy atom. The highest BCUT2D eigenvalue weighted by Gasteiger charge is 2.35. The molecule has 0 unspecified atom stereocenters. The summed E-state index contributed by atoms with van der Waals surface area (Å²) in [5, 5.41) is 0. The Hall–Kier alpha value is -1.91. The van der Waals surface area contributed by atoms with E-state index in [0.717, 1.165) is 18.4 Å². The van der Waals surface area contributed by atoms with Crippen LogP contribution >= 0.6 is 0 Å². The van der Waals surface area contributed by atoms with Crippen molar-refractivity contribution in [3.63, 3.8) is 0 Å². The van der Waals surface area contributed by atoms with Gasteiger partial charge in [0.2, 0.25) is 18.3 Å². The predicted octanol–water partition coefficient (Wildman–Crippen LogP) is 1.95. The van der Waals surface area contributed by atoms with E-state index >= 15 is 0 Å². The van der Waals surface area contributed by atoms with E-state index in [0.29, 0.717) is 35.0 Å². The van der Waals surface area contributed by atoms with E-state index in [-0.39, 0.29) is 12.6 Å². The third kappa shape index (κ3) is 1.36. The maximum atomic E-state index is 12.1. The SMILES string of the molecule is COc1c2c(c(OC)c3c1OCO3)C(=O)CCC2. The predicted molar refractivity (Wildman–Crippen MR) is 62.9 cm³/mol. The van der Waals surface area contributed by atoms with Gasteiger partial charge < -0.3 is 18.9 Å². The molecule has 0 aromatic heterocycles. The number of ether oxygens (including phenoxy) is 4. The molecule has 5 heteroatoms. The number of hydrogen-bond donors (Lipinski definition) is 0. The number of carbonyl (C=O) groups excluding carboxylic acids is 1. The van der Waals surface area contributed by atoms with Crippen molar-refractivity contribution in [2.24, 2.45) is 0 Å². The fraction of sp³-hybridized carbons (Fsp3) is 0.462. The van der Waals surface area contributed by atoms with Gasteiger partial charge in [0, 0.05) is 12.0 Å². The molecule has 0 saturated heterocycles. The van der Waals surface area contributed by atoms with Gasteiger partial charge in [0.25, 0.3) is 0 Å². The Bertz CT molecular complexity index is 521. The van der Waals surface area contributed by atoms with Crippen molar-refractivity contribution in [1.82, 2.24) is 0 Å². The number of Topliss-reactive ketones (excluding diaryl/α,β-unsaturated/α-hetero) is 1. The lowest BCUT2D eigenvalue weighted by Gasteiger charge is -2.21. The van der Waals surface area contributed by atoms with E-state index in [2.05, 4.69) is 0 Å². The molecule has 0 radical (unpaired) electrons. The summed E-state index contributed by atoms with van der Waals surface area (Å²) >= 11 is 0. The Kier molecular flexibility index (Phi) is 2.54. The van der Waals surface area contributed by atoms with Crippen molar-refractivity contribution >= 4 is 5.78 Å². The summed E-state index contributed by atoms with van der Waals surface area (Å²) in [5.41, 5.74) is 1.46. The van der Waals surface area contributed by atoms with Crippen LogP contribution in [0.3, 0.4) is 0 Å². The highest BCUT2D eigenvalue weighted by atomic mass is 16.7. The number of carbonyl (C=O) groups is 1. The Balaban J connectivity index is 2.34. The number of fused-ring (bicyclic) bond motifs is 2. The molecule has 0 saturated carbocycles. The molecule has 18 heavy (non-hydrogen) atoms. The van der Waals surface area contributed by atoms with Crippen LogP contribution in [-0.2, 0) is 6.42 Å². The van der Waals surface area contributed by atoms with Gasteiger partial charge in [-0.05, 0) is 12.8 Å². The van der Waals surface area contributed by atoms with Crippen molar-refractivity contribution in [3.05, 3.63) is 11.1 Å². The van der Waals surface area contributed by atoms with Crippen LogP contribution in [0.4, 0.5) is 0 Å². The summed E-state index contributed by atoms with van der Waals surface area (Å²) in [6.45, 7) is 0.124. The highest BCUT2D eigenvalue weighted by Crippen LogP contribution is 2.53. The molecular weight excluding hydrogens is 236 g/mol. The van der Waals surface area contributed by atoms with Crippen molar-refractivity contribution in [1.29, 1.82) is 0 Å². The number of hydrogen-bond acceptors (Lipinski definition) is 5. The van der Waals surface area contributed by atoms with Gasteiger partial charge in [0.1, 0.15) is 0 Å². The van der Waals surface area contributed by atoms with Crippen LogP contribution in [0.5, 0.6) is 23.0 Å². The highest BCUT2D eigenvalue weighted by molar-refractivity contribution is 6.03. The number of rotatable bonds is 2. The fourth-order valence-electron chi connectivity index (χ4n) is 2.61. The standard InChI is InChI=1S/C13H14O5/c1-15-10-7-4-3-5-8(14)9(7)11(16-2)13-12(10)17-6-18-13/h3-6H2,1-2H3. The fourth-order valence-corrected chi connectivity index (χ4v) is 2.61. The molecule has 2 aliphatic rings. The zero-order valence-electron chi connectivity index (χ0n) is 10.4. The molecular formula is C13H14O5. The molecule has 1 aromatic rings. The van der Waals surface area contributed by atoms with E-state index in [1.165, 1.54) is 7.11 Å². The van der Waals surface area contributed by atoms with Gasteiger partial charge in [0.15, 0.2) is 17.3 Å². The normalized spacial score (nSPS) is 16.4. The number of benzene rings is 1. The van der Waals surface area contributed by atoms with Gasteiger partial charge in [-0.15, -0.1) is 0 Å². The second-order valence-corrected chi connectivity index (χ2v) is 4.26. The number of ketones is 1. The summed E-state index contributed by atoms with van der Waals surface area (Å²) in [5.74, 6) is 2.17. The molecule has 1 aliphatic heterocycles. The van der Waals surface area contributed by atoms with Gasteiger partial charge in [-0.2, -0.15) is 0 Å². The minimum Gasteiger partial charge on any atom is -0.492 e. The first-order valence-corrected chi connectivity index (χ1v) is 5.87. The smallest absolute Gasteiger partial charge is 0.231 e. The molecule has 0 fully saturated rings. The topological polar surface area (TPSA) is 54.0 Å². The molecule has 5 nitrogen and oxygen atoms in total. The van der Waals surface area contributed by atoms with E-state index in [1.807, 2.05) is 0 Å². The van der Waals surface area contributed by atoms with Crippen molar-refractivity contribution in [3.8, 4) is 23.0 Å². The Morgan fingerprint density at radius 3 is 2.33 bits per heavy atom. The molecule has 96 valence electrons. The molecule has 0 spiro atoms. The molecule has 3 rings (SSSR count). The lowest BCUT2D eigenvalue weighted by atomic mass is 9.88. The first kappa shape index (κ1) is 11.2. The molecule has 0 atom stereocenters. The second-order valence-electron chi connectivity index (χ2n) is 4.26. The summed E-state index contributed by atoms with van der Waals surface area (Å²) in [7, 11) is 3.11. The maximum absolute atomic E-state index is 12.1. The quantitative estimate of drug-likeness (QED) is 0.803. The summed E-state index contributed by atoms with van der Waals surface area (Å²) in [6.07, 6.45) is 2.15. The van der Waals surface area contributed by atoms with E-state index in [1.54, 1.807) is 7.11 Å². The lowest BCUT2D eigenvalue weighted by Crippen LogP contribution is -2.14. The second kappa shape index (κ2) is 4.08. The first-order valence-electron chi connectivity index (χ1n) is 5.87. The van der Waals surface area contributed by atoms with E-state index < -0.39 is 0 Å². The molecule has 0 bridgehead atoms. The average Bonchev–Trinajstić information content (AvgIpc) is 2.85. The van der Waals surface area contributed by atoms with Gasteiger partial charge in [0.05, 0.1) is 19.8 Å². The third-order valence-corrected chi connectivity index (χ3v) is 3.35. The summed E-state index contributed by atoms with van der Waals surface area (Å²) in [4.78, 5) is 12.1. The van der Waals surface area contributed by atoms with Crippen molar-refractivity contribution in [2.75, 3.05) is 21.0 Å². The van der Waals surface area contributed by atoms with Crippen LogP contribution in [0.1, 0.15) is 28.8 Å². The van der Waals surface area contributed by atoms with Crippen LogP contribution in [0.25, 0.3) is 0 Å². The van der Waals surface area contributed by atoms with Crippen molar-refractivity contribution < 1.29 is 23.7 Å². The average molecular weight is 250 g/mol. The zero-order chi connectivity index (χ0) is 12.7. The molecule has 1 aliphatic carbocycles. The summed E-state index contributed by atoms with van der Waals surface area (Å²) in [6, 6.07) is 0. The van der Waals surface area contributed by atoms with Gasteiger partial charge in [-0.3, -0.25) is 4.79 Å². The Labute approximate surface area is 105 Å². The lowest BCUT2D eigenvalue weighted by molar-refractivity contribution is 0.0967. The van der Waals surface area contributed by atoms with Gasteiger partial charge in [-0.25, -0.2) is 0 Å². The van der Waals surface area contributed by atoms with Crippen LogP contribution in [-0.4, -0.2) is 26.8 Å². The van der Waals surface area contributed by atoms with Gasteiger partial charge in [-0.1, -0.05) is 0 Å². The van der Waals surface area contributed by atoms with Crippen molar-refractivity contribution in [2.45, 2.75) is 19.3 Å². The first-order chi connectivity index (χ1) is 8.77. The molecule has 1 aromatic carbocycles. The molecule has 0 N–H and O–H groups in total. The minimum absolute atomic E-state index is 0.0738. The van der Waals surface area contributed by atoms with E-state index in [4.69, 9.17) is 18.9 Å². The zero-order valence-corrected chi connectivity index (χ0v) is 10.4. The van der Waals surface area contributed by atoms with Crippen LogP contribution in [0.2, 0.25) is 0 Å².